The van der Waals surface area contributed by atoms with Crippen LogP contribution in [0.5, 0.6) is 5.75 Å². The number of fused-ring (bicyclic) bond motifs is 1. The first-order valence-electron chi connectivity index (χ1n) is 11.4. The van der Waals surface area contributed by atoms with Crippen molar-refractivity contribution in [1.82, 2.24) is 9.55 Å². The molecule has 34 heavy (non-hydrogen) atoms. The smallest absolute Gasteiger partial charge is 0.227 e. The molecule has 1 aromatic heterocycles. The van der Waals surface area contributed by atoms with Crippen LogP contribution >= 0.6 is 23.2 Å². The van der Waals surface area contributed by atoms with Crippen LogP contribution in [-0.2, 0) is 11.3 Å². The predicted molar refractivity (Wildman–Crippen MR) is 137 cm³/mol. The molecule has 1 amide bonds. The molecule has 1 atom stereocenters. The Labute approximate surface area is 208 Å². The largest absolute Gasteiger partial charge is 0.494 e. The number of carbonyl (C=O) groups excluding carboxylic acids is 1. The molecule has 0 unspecified atom stereocenters. The number of hydrogen-bond donors (Lipinski definition) is 0. The van der Waals surface area contributed by atoms with E-state index in [2.05, 4.69) is 10.6 Å². The van der Waals surface area contributed by atoms with Crippen molar-refractivity contribution in [2.45, 2.75) is 32.2 Å². The topological polar surface area (TPSA) is 47.4 Å². The van der Waals surface area contributed by atoms with Gasteiger partial charge < -0.3 is 14.2 Å². The molecule has 174 valence electrons. The molecule has 0 aliphatic carbocycles. The van der Waals surface area contributed by atoms with E-state index in [4.69, 9.17) is 32.9 Å². The van der Waals surface area contributed by atoms with Gasteiger partial charge in [0.15, 0.2) is 0 Å². The second-order valence-corrected chi connectivity index (χ2v) is 9.45. The lowest BCUT2D eigenvalue weighted by molar-refractivity contribution is -0.117. The van der Waals surface area contributed by atoms with Gasteiger partial charge in [0, 0.05) is 41.2 Å². The molecular weight excluding hydrogens is 469 g/mol. The summed E-state index contributed by atoms with van der Waals surface area (Å²) in [6, 6.07) is 21.2. The Hall–Kier alpha value is -3.02. The number of imidazole rings is 1. The van der Waals surface area contributed by atoms with Gasteiger partial charge in [-0.3, -0.25) is 4.79 Å². The van der Waals surface area contributed by atoms with E-state index >= 15 is 0 Å². The highest BCUT2D eigenvalue weighted by Gasteiger charge is 2.34. The SMILES string of the molecule is Cc1cc(OCCCn2c([C@@H]3CC(=O)N(c4ccc(Cl)cc4)C3)nc3ccccc32)ccc1Cl. The summed E-state index contributed by atoms with van der Waals surface area (Å²) in [5.41, 5.74) is 3.89. The zero-order chi connectivity index (χ0) is 23.7. The van der Waals surface area contributed by atoms with Crippen LogP contribution in [-0.4, -0.2) is 28.6 Å². The fraction of sp³-hybridized carbons (Fsp3) is 0.259. The Kier molecular flexibility index (Phi) is 6.48. The number of aromatic nitrogens is 2. The van der Waals surface area contributed by atoms with Crippen LogP contribution in [0, 0.1) is 6.92 Å². The second kappa shape index (κ2) is 9.69. The molecule has 4 aromatic rings. The molecule has 0 spiro atoms. The molecule has 5 nitrogen and oxygen atoms in total. The zero-order valence-electron chi connectivity index (χ0n) is 18.9. The van der Waals surface area contributed by atoms with Crippen LogP contribution in [0.15, 0.2) is 66.7 Å². The third-order valence-electron chi connectivity index (χ3n) is 6.24. The van der Waals surface area contributed by atoms with Gasteiger partial charge in [0.1, 0.15) is 11.6 Å². The maximum absolute atomic E-state index is 12.9. The zero-order valence-corrected chi connectivity index (χ0v) is 20.4. The molecular formula is C27H25Cl2N3O2. The number of aryl methyl sites for hydroxylation is 2. The van der Waals surface area contributed by atoms with Crippen LogP contribution in [0.25, 0.3) is 11.0 Å². The van der Waals surface area contributed by atoms with Crippen molar-refractivity contribution in [3.63, 3.8) is 0 Å². The molecule has 0 N–H and O–H groups in total. The van der Waals surface area contributed by atoms with E-state index < -0.39 is 0 Å². The molecule has 0 saturated carbocycles. The highest BCUT2D eigenvalue weighted by molar-refractivity contribution is 6.31. The van der Waals surface area contributed by atoms with Crippen LogP contribution in [0.2, 0.25) is 10.0 Å². The number of rotatable bonds is 7. The van der Waals surface area contributed by atoms with Crippen molar-refractivity contribution in [3.05, 3.63) is 88.2 Å². The Balaban J connectivity index is 1.33. The molecule has 0 radical (unpaired) electrons. The van der Waals surface area contributed by atoms with Crippen molar-refractivity contribution in [1.29, 1.82) is 0 Å². The molecule has 1 fully saturated rings. The quantitative estimate of drug-likeness (QED) is 0.271. The predicted octanol–water partition coefficient (Wildman–Crippen LogP) is 6.64. The maximum atomic E-state index is 12.9. The molecule has 7 heteroatoms. The van der Waals surface area contributed by atoms with Crippen LogP contribution in [0.4, 0.5) is 5.69 Å². The van der Waals surface area contributed by atoms with Gasteiger partial charge in [-0.2, -0.15) is 0 Å². The van der Waals surface area contributed by atoms with Crippen molar-refractivity contribution >= 4 is 45.8 Å². The molecule has 2 heterocycles. The number of benzene rings is 3. The van der Waals surface area contributed by atoms with Gasteiger partial charge in [0.25, 0.3) is 0 Å². The Morgan fingerprint density at radius 3 is 2.65 bits per heavy atom. The molecule has 0 bridgehead atoms. The van der Waals surface area contributed by atoms with Gasteiger partial charge in [0.2, 0.25) is 5.91 Å². The minimum absolute atomic E-state index is 0.0235. The van der Waals surface area contributed by atoms with Gasteiger partial charge in [-0.15, -0.1) is 0 Å². The van der Waals surface area contributed by atoms with E-state index in [1.165, 1.54) is 0 Å². The van der Waals surface area contributed by atoms with E-state index in [9.17, 15) is 4.79 Å². The van der Waals surface area contributed by atoms with E-state index in [1.807, 2.05) is 72.5 Å². The van der Waals surface area contributed by atoms with Gasteiger partial charge in [0.05, 0.1) is 17.6 Å². The number of para-hydroxylation sites is 2. The summed E-state index contributed by atoms with van der Waals surface area (Å²) in [6.07, 6.45) is 1.25. The third kappa shape index (κ3) is 4.63. The lowest BCUT2D eigenvalue weighted by atomic mass is 10.1. The van der Waals surface area contributed by atoms with Gasteiger partial charge in [-0.05, 0) is 73.5 Å². The average molecular weight is 494 g/mol. The number of halogens is 2. The number of ether oxygens (including phenoxy) is 1. The van der Waals surface area contributed by atoms with E-state index in [1.54, 1.807) is 0 Å². The van der Waals surface area contributed by atoms with E-state index in [0.717, 1.165) is 51.8 Å². The summed E-state index contributed by atoms with van der Waals surface area (Å²) in [7, 11) is 0. The van der Waals surface area contributed by atoms with Gasteiger partial charge in [-0.1, -0.05) is 35.3 Å². The maximum Gasteiger partial charge on any atom is 0.227 e. The number of anilines is 1. The van der Waals surface area contributed by atoms with Gasteiger partial charge >= 0.3 is 0 Å². The first-order chi connectivity index (χ1) is 16.5. The molecule has 3 aromatic carbocycles. The van der Waals surface area contributed by atoms with Crippen LogP contribution in [0.3, 0.4) is 0 Å². The Bertz CT molecular complexity index is 1330. The van der Waals surface area contributed by atoms with Crippen LogP contribution in [0.1, 0.15) is 30.1 Å². The summed E-state index contributed by atoms with van der Waals surface area (Å²) in [6.45, 7) is 3.90. The Morgan fingerprint density at radius 1 is 1.06 bits per heavy atom. The van der Waals surface area contributed by atoms with E-state index in [-0.39, 0.29) is 11.8 Å². The summed E-state index contributed by atoms with van der Waals surface area (Å²) in [5, 5.41) is 1.39. The number of amides is 1. The monoisotopic (exact) mass is 493 g/mol. The minimum Gasteiger partial charge on any atom is -0.494 e. The van der Waals surface area contributed by atoms with Crippen LogP contribution < -0.4 is 9.64 Å². The summed E-state index contributed by atoms with van der Waals surface area (Å²) in [5.74, 6) is 1.90. The van der Waals surface area contributed by atoms with Crippen molar-refractivity contribution in [2.24, 2.45) is 0 Å². The molecule has 1 aliphatic rings. The molecule has 5 rings (SSSR count). The first kappa shape index (κ1) is 22.8. The minimum atomic E-state index is 0.0235. The fourth-order valence-electron chi connectivity index (χ4n) is 4.51. The normalized spacial score (nSPS) is 15.9. The standard InChI is InChI=1S/C27H25Cl2N3O2/c1-18-15-22(11-12-23(18)29)34-14-4-13-31-25-6-3-2-5-24(25)30-27(31)19-16-26(33)32(17-19)21-9-7-20(28)8-10-21/h2-3,5-12,15,19H,4,13-14,16-17H2,1H3/t19-/m1/s1. The summed E-state index contributed by atoms with van der Waals surface area (Å²) >= 11 is 12.1. The summed E-state index contributed by atoms with van der Waals surface area (Å²) < 4.78 is 8.20. The Morgan fingerprint density at radius 2 is 1.85 bits per heavy atom. The average Bonchev–Trinajstić information content (AvgIpc) is 3.40. The fourth-order valence-corrected chi connectivity index (χ4v) is 4.76. The number of hydrogen-bond acceptors (Lipinski definition) is 3. The highest BCUT2D eigenvalue weighted by atomic mass is 35.5. The second-order valence-electron chi connectivity index (χ2n) is 8.61. The number of carbonyl (C=O) groups is 1. The lowest BCUT2D eigenvalue weighted by Gasteiger charge is -2.17. The van der Waals surface area contributed by atoms with Crippen molar-refractivity contribution in [3.8, 4) is 5.75 Å². The van der Waals surface area contributed by atoms with E-state index in [0.29, 0.717) is 24.6 Å². The van der Waals surface area contributed by atoms with Gasteiger partial charge in [-0.25, -0.2) is 4.98 Å². The molecule has 1 saturated heterocycles. The van der Waals surface area contributed by atoms with Crippen molar-refractivity contribution < 1.29 is 9.53 Å². The first-order valence-corrected chi connectivity index (χ1v) is 12.2. The molecule has 1 aliphatic heterocycles. The lowest BCUT2D eigenvalue weighted by Crippen LogP contribution is -2.24. The summed E-state index contributed by atoms with van der Waals surface area (Å²) in [4.78, 5) is 19.6. The van der Waals surface area contributed by atoms with Crippen molar-refractivity contribution in [2.75, 3.05) is 18.1 Å². The highest BCUT2D eigenvalue weighted by Crippen LogP contribution is 2.33. The third-order valence-corrected chi connectivity index (χ3v) is 6.91. The number of nitrogens with zero attached hydrogens (tertiary/aromatic N) is 3.